The fourth-order valence-electron chi connectivity index (χ4n) is 2.72. The van der Waals surface area contributed by atoms with Crippen molar-refractivity contribution < 1.29 is 4.79 Å². The van der Waals surface area contributed by atoms with Crippen molar-refractivity contribution in [2.24, 2.45) is 0 Å². The zero-order valence-electron chi connectivity index (χ0n) is 15.4. The van der Waals surface area contributed by atoms with Crippen LogP contribution in [0.1, 0.15) is 23.7 Å². The third-order valence-electron chi connectivity index (χ3n) is 4.16. The molecule has 0 aliphatic heterocycles. The molecule has 0 saturated carbocycles. The van der Waals surface area contributed by atoms with Crippen molar-refractivity contribution in [3.63, 3.8) is 0 Å². The number of hydrogen-bond acceptors (Lipinski definition) is 5. The number of rotatable bonds is 4. The molecular weight excluding hydrogens is 384 g/mol. The Hall–Kier alpha value is -2.38. The van der Waals surface area contributed by atoms with E-state index in [9.17, 15) is 9.59 Å². The van der Waals surface area contributed by atoms with Crippen LogP contribution in [0.5, 0.6) is 0 Å². The highest BCUT2D eigenvalue weighted by atomic mass is 35.5. The van der Waals surface area contributed by atoms with Crippen molar-refractivity contribution >= 4 is 46.0 Å². The van der Waals surface area contributed by atoms with E-state index in [0.29, 0.717) is 26.9 Å². The smallest absolute Gasteiger partial charge is 0.261 e. The first-order valence-electron chi connectivity index (χ1n) is 8.37. The van der Waals surface area contributed by atoms with Gasteiger partial charge in [-0.05, 0) is 57.0 Å². The maximum atomic E-state index is 12.5. The van der Waals surface area contributed by atoms with Gasteiger partial charge in [-0.1, -0.05) is 29.4 Å². The Labute approximate surface area is 165 Å². The number of hydrogen-bond donors (Lipinski definition) is 2. The van der Waals surface area contributed by atoms with E-state index in [1.165, 1.54) is 11.8 Å². The number of benzene rings is 1. The summed E-state index contributed by atoms with van der Waals surface area (Å²) in [5.74, 6) is -0.207. The Morgan fingerprint density at radius 1 is 1.26 bits per heavy atom. The number of amides is 1. The van der Waals surface area contributed by atoms with Crippen LogP contribution in [0.15, 0.2) is 34.2 Å². The molecule has 2 heterocycles. The molecule has 0 radical (unpaired) electrons. The molecule has 0 aliphatic carbocycles. The molecule has 8 heteroatoms. The second-order valence-electron chi connectivity index (χ2n) is 6.31. The summed E-state index contributed by atoms with van der Waals surface area (Å²) >= 11 is 7.26. The SMILES string of the molecule is Cc1cc(C)c2c(=O)[nH]c(S[C@@H](C)C(=O)Nc3cccc(Cl)c3C)nc2n1. The number of pyridine rings is 1. The number of H-pyrrole nitrogens is 1. The van der Waals surface area contributed by atoms with E-state index in [1.807, 2.05) is 26.8 Å². The lowest BCUT2D eigenvalue weighted by atomic mass is 10.2. The van der Waals surface area contributed by atoms with E-state index in [1.54, 1.807) is 25.1 Å². The van der Waals surface area contributed by atoms with Gasteiger partial charge in [0.1, 0.15) is 0 Å². The van der Waals surface area contributed by atoms with Crippen molar-refractivity contribution in [3.8, 4) is 0 Å². The summed E-state index contributed by atoms with van der Waals surface area (Å²) in [5.41, 5.74) is 3.20. The van der Waals surface area contributed by atoms with Gasteiger partial charge in [-0.2, -0.15) is 0 Å². The van der Waals surface area contributed by atoms with Gasteiger partial charge in [-0.3, -0.25) is 9.59 Å². The molecule has 2 N–H and O–H groups in total. The van der Waals surface area contributed by atoms with Crippen LogP contribution in [0.4, 0.5) is 5.69 Å². The maximum absolute atomic E-state index is 12.5. The average Bonchev–Trinajstić information content (AvgIpc) is 2.57. The fourth-order valence-corrected chi connectivity index (χ4v) is 3.68. The number of aryl methyl sites for hydroxylation is 2. The molecule has 0 unspecified atom stereocenters. The molecule has 1 atom stereocenters. The second-order valence-corrected chi connectivity index (χ2v) is 8.05. The largest absolute Gasteiger partial charge is 0.325 e. The number of thioether (sulfide) groups is 1. The lowest BCUT2D eigenvalue weighted by molar-refractivity contribution is -0.115. The van der Waals surface area contributed by atoms with Gasteiger partial charge in [0.05, 0.1) is 10.6 Å². The van der Waals surface area contributed by atoms with Crippen LogP contribution in [-0.2, 0) is 4.79 Å². The van der Waals surface area contributed by atoms with Gasteiger partial charge in [0.2, 0.25) is 5.91 Å². The highest BCUT2D eigenvalue weighted by Gasteiger charge is 2.18. The molecule has 0 saturated heterocycles. The second kappa shape index (κ2) is 7.70. The molecule has 3 aromatic rings. The lowest BCUT2D eigenvalue weighted by Gasteiger charge is -2.14. The van der Waals surface area contributed by atoms with E-state index >= 15 is 0 Å². The van der Waals surface area contributed by atoms with Crippen molar-refractivity contribution in [1.82, 2.24) is 15.0 Å². The summed E-state index contributed by atoms with van der Waals surface area (Å²) in [5, 5.41) is 3.80. The Morgan fingerprint density at radius 2 is 2.00 bits per heavy atom. The van der Waals surface area contributed by atoms with Crippen LogP contribution in [0.25, 0.3) is 11.0 Å². The van der Waals surface area contributed by atoms with E-state index < -0.39 is 5.25 Å². The Balaban J connectivity index is 1.83. The van der Waals surface area contributed by atoms with Crippen LogP contribution >= 0.6 is 23.4 Å². The summed E-state index contributed by atoms with van der Waals surface area (Å²) in [6.07, 6.45) is 0. The van der Waals surface area contributed by atoms with Gasteiger partial charge in [-0.25, -0.2) is 9.97 Å². The molecule has 27 heavy (non-hydrogen) atoms. The first kappa shape index (κ1) is 19.4. The summed E-state index contributed by atoms with van der Waals surface area (Å²) in [4.78, 5) is 36.4. The molecule has 1 aromatic carbocycles. The number of nitrogens with one attached hydrogen (secondary N) is 2. The number of aromatic nitrogens is 3. The van der Waals surface area contributed by atoms with Crippen LogP contribution in [0.2, 0.25) is 5.02 Å². The normalized spacial score (nSPS) is 12.2. The highest BCUT2D eigenvalue weighted by Crippen LogP contribution is 2.25. The predicted octanol–water partition coefficient (Wildman–Crippen LogP) is 4.02. The molecule has 6 nitrogen and oxygen atoms in total. The minimum absolute atomic E-state index is 0.207. The molecule has 140 valence electrons. The summed E-state index contributed by atoms with van der Waals surface area (Å²) in [6.45, 7) is 7.29. The average molecular weight is 403 g/mol. The summed E-state index contributed by atoms with van der Waals surface area (Å²) in [6, 6.07) is 7.19. The Kier molecular flexibility index (Phi) is 5.53. The standard InChI is InChI=1S/C19H19ClN4O2S/c1-9-8-10(2)21-16-15(9)18(26)24-19(23-16)27-12(4)17(25)22-14-7-5-6-13(20)11(14)3/h5-8,12H,1-4H3,(H,22,25)(H,21,23,24,26)/t12-/m0/s1. The number of halogens is 1. The zero-order chi connectivity index (χ0) is 19.7. The molecular formula is C19H19ClN4O2S. The third-order valence-corrected chi connectivity index (χ3v) is 5.56. The molecule has 0 spiro atoms. The first-order chi connectivity index (χ1) is 12.8. The topological polar surface area (TPSA) is 87.7 Å². The Morgan fingerprint density at radius 3 is 2.74 bits per heavy atom. The van der Waals surface area contributed by atoms with E-state index in [4.69, 9.17) is 11.6 Å². The van der Waals surface area contributed by atoms with Gasteiger partial charge in [0.15, 0.2) is 10.8 Å². The zero-order valence-corrected chi connectivity index (χ0v) is 17.0. The summed E-state index contributed by atoms with van der Waals surface area (Å²) < 4.78 is 0. The van der Waals surface area contributed by atoms with Crippen molar-refractivity contribution in [2.75, 3.05) is 5.32 Å². The number of fused-ring (bicyclic) bond motifs is 1. The van der Waals surface area contributed by atoms with Crippen molar-refractivity contribution in [3.05, 3.63) is 56.5 Å². The van der Waals surface area contributed by atoms with Crippen LogP contribution in [0, 0.1) is 20.8 Å². The number of aromatic amines is 1. The highest BCUT2D eigenvalue weighted by molar-refractivity contribution is 8.00. The minimum atomic E-state index is -0.477. The monoisotopic (exact) mass is 402 g/mol. The first-order valence-corrected chi connectivity index (χ1v) is 9.63. The van der Waals surface area contributed by atoms with Crippen LogP contribution in [0.3, 0.4) is 0 Å². The van der Waals surface area contributed by atoms with Gasteiger partial charge in [-0.15, -0.1) is 0 Å². The van der Waals surface area contributed by atoms with Crippen molar-refractivity contribution in [2.45, 2.75) is 38.1 Å². The third kappa shape index (κ3) is 4.14. The molecule has 3 rings (SSSR count). The molecule has 0 bridgehead atoms. The van der Waals surface area contributed by atoms with Gasteiger partial charge < -0.3 is 10.3 Å². The van der Waals surface area contributed by atoms with Crippen molar-refractivity contribution in [1.29, 1.82) is 0 Å². The van der Waals surface area contributed by atoms with Gasteiger partial charge in [0.25, 0.3) is 5.56 Å². The predicted molar refractivity (Wildman–Crippen MR) is 110 cm³/mol. The molecule has 0 aliphatic rings. The number of nitrogens with zero attached hydrogens (tertiary/aromatic N) is 2. The van der Waals surface area contributed by atoms with Crippen LogP contribution < -0.4 is 10.9 Å². The van der Waals surface area contributed by atoms with Crippen LogP contribution in [-0.4, -0.2) is 26.1 Å². The molecule has 0 fully saturated rings. The Bertz CT molecular complexity index is 1100. The minimum Gasteiger partial charge on any atom is -0.325 e. The fraction of sp³-hybridized carbons (Fsp3) is 0.263. The number of anilines is 1. The summed E-state index contributed by atoms with van der Waals surface area (Å²) in [7, 11) is 0. The number of carbonyl (C=O) groups is 1. The van der Waals surface area contributed by atoms with E-state index in [-0.39, 0.29) is 11.5 Å². The van der Waals surface area contributed by atoms with E-state index in [0.717, 1.165) is 16.8 Å². The number of carbonyl (C=O) groups excluding carboxylic acids is 1. The molecule has 1 amide bonds. The quantitative estimate of drug-likeness (QED) is 0.508. The molecule has 2 aromatic heterocycles. The van der Waals surface area contributed by atoms with E-state index in [2.05, 4.69) is 20.3 Å². The maximum Gasteiger partial charge on any atom is 0.261 e. The lowest BCUT2D eigenvalue weighted by Crippen LogP contribution is -2.23. The van der Waals surface area contributed by atoms with Gasteiger partial charge >= 0.3 is 0 Å². The van der Waals surface area contributed by atoms with Gasteiger partial charge in [0, 0.05) is 16.4 Å².